The van der Waals surface area contributed by atoms with E-state index in [1.807, 2.05) is 0 Å². The van der Waals surface area contributed by atoms with Gasteiger partial charge in [-0.2, -0.15) is 0 Å². The molecule has 0 aliphatic carbocycles. The Labute approximate surface area is 132 Å². The quantitative estimate of drug-likeness (QED) is 0.611. The highest BCUT2D eigenvalue weighted by Crippen LogP contribution is 2.35. The number of H-pyrrole nitrogens is 1. The molecule has 1 aromatic heterocycles. The van der Waals surface area contributed by atoms with Gasteiger partial charge >= 0.3 is 0 Å². The minimum Gasteiger partial charge on any atom is -0.345 e. The first-order valence-corrected chi connectivity index (χ1v) is 8.84. The molecule has 0 saturated carbocycles. The van der Waals surface area contributed by atoms with Crippen molar-refractivity contribution in [2.45, 2.75) is 98.3 Å². The Bertz CT molecular complexity index is 429. The number of hydrogen-bond acceptors (Lipinski definition) is 1. The lowest BCUT2D eigenvalue weighted by molar-refractivity contribution is 0.432. The molecule has 2 unspecified atom stereocenters. The molecule has 0 bridgehead atoms. The van der Waals surface area contributed by atoms with Crippen molar-refractivity contribution in [3.05, 3.63) is 17.2 Å². The fraction of sp³-hybridized carbons (Fsp3) is 0.842. The first-order valence-electron chi connectivity index (χ1n) is 8.84. The van der Waals surface area contributed by atoms with Gasteiger partial charge in [-0.25, -0.2) is 4.98 Å². The van der Waals surface area contributed by atoms with E-state index in [2.05, 4.69) is 60.4 Å². The molecule has 1 heterocycles. The summed E-state index contributed by atoms with van der Waals surface area (Å²) in [7, 11) is 0. The van der Waals surface area contributed by atoms with Crippen molar-refractivity contribution >= 4 is 0 Å². The lowest BCUT2D eigenvalue weighted by Crippen LogP contribution is -2.19. The summed E-state index contributed by atoms with van der Waals surface area (Å²) < 4.78 is 0. The van der Waals surface area contributed by atoms with E-state index in [1.54, 1.807) is 0 Å². The summed E-state index contributed by atoms with van der Waals surface area (Å²) in [6, 6.07) is 0. The molecule has 0 aliphatic rings. The monoisotopic (exact) mass is 292 g/mol. The third-order valence-electron chi connectivity index (χ3n) is 5.09. The van der Waals surface area contributed by atoms with Crippen LogP contribution in [0.3, 0.4) is 0 Å². The molecule has 0 radical (unpaired) electrons. The van der Waals surface area contributed by atoms with Crippen LogP contribution < -0.4 is 0 Å². The Morgan fingerprint density at radius 1 is 1.10 bits per heavy atom. The van der Waals surface area contributed by atoms with Gasteiger partial charge in [0.2, 0.25) is 0 Å². The third kappa shape index (κ3) is 4.34. The topological polar surface area (TPSA) is 28.7 Å². The second-order valence-corrected chi connectivity index (χ2v) is 7.71. The molecule has 2 heteroatoms. The third-order valence-corrected chi connectivity index (χ3v) is 5.09. The molecule has 2 nitrogen and oxygen atoms in total. The predicted molar refractivity (Wildman–Crippen MR) is 93.1 cm³/mol. The molecule has 0 spiro atoms. The SMILES string of the molecule is CCCCC(C)(C)c1nc(C(C)CC)c(C(C)C(C)C)[nH]1. The largest absolute Gasteiger partial charge is 0.345 e. The number of aromatic amines is 1. The van der Waals surface area contributed by atoms with Crippen molar-refractivity contribution < 1.29 is 0 Å². The van der Waals surface area contributed by atoms with Crippen LogP contribution in [0.25, 0.3) is 0 Å². The van der Waals surface area contributed by atoms with Gasteiger partial charge in [-0.05, 0) is 24.7 Å². The minimum absolute atomic E-state index is 0.146. The maximum Gasteiger partial charge on any atom is 0.112 e. The van der Waals surface area contributed by atoms with Crippen LogP contribution in [-0.2, 0) is 5.41 Å². The van der Waals surface area contributed by atoms with Gasteiger partial charge in [0.05, 0.1) is 5.69 Å². The molecule has 0 aromatic carbocycles. The van der Waals surface area contributed by atoms with Crippen LogP contribution in [-0.4, -0.2) is 9.97 Å². The summed E-state index contributed by atoms with van der Waals surface area (Å²) in [5, 5.41) is 0. The summed E-state index contributed by atoms with van der Waals surface area (Å²) in [5.41, 5.74) is 2.82. The Morgan fingerprint density at radius 2 is 1.71 bits per heavy atom. The zero-order chi connectivity index (χ0) is 16.2. The Balaban J connectivity index is 3.19. The Hall–Kier alpha value is -0.790. The molecule has 0 fully saturated rings. The number of aromatic nitrogens is 2. The van der Waals surface area contributed by atoms with E-state index in [0.717, 1.165) is 6.42 Å². The average molecular weight is 293 g/mol. The van der Waals surface area contributed by atoms with Crippen molar-refractivity contribution in [2.24, 2.45) is 5.92 Å². The van der Waals surface area contributed by atoms with E-state index >= 15 is 0 Å². The summed E-state index contributed by atoms with van der Waals surface area (Å²) in [6.45, 7) is 18.4. The molecule has 0 aliphatic heterocycles. The number of nitrogens with zero attached hydrogens (tertiary/aromatic N) is 1. The molecule has 1 N–H and O–H groups in total. The Kier molecular flexibility index (Phi) is 6.49. The van der Waals surface area contributed by atoms with Crippen LogP contribution in [0.4, 0.5) is 0 Å². The number of imidazole rings is 1. The normalized spacial score (nSPS) is 15.5. The lowest BCUT2D eigenvalue weighted by atomic mass is 9.86. The summed E-state index contributed by atoms with van der Waals surface area (Å²) in [6.07, 6.45) is 4.86. The molecule has 1 aromatic rings. The molecule has 1 rings (SSSR count). The second kappa shape index (κ2) is 7.47. The standard InChI is InChI=1S/C19H36N2/c1-9-11-12-19(7,8)18-20-16(14(5)10-2)17(21-18)15(6)13(3)4/h13-15H,9-12H2,1-8H3,(H,20,21). The molecule has 0 saturated heterocycles. The fourth-order valence-corrected chi connectivity index (χ4v) is 2.71. The van der Waals surface area contributed by atoms with Gasteiger partial charge < -0.3 is 4.98 Å². The van der Waals surface area contributed by atoms with E-state index in [9.17, 15) is 0 Å². The van der Waals surface area contributed by atoms with Crippen LogP contribution in [0, 0.1) is 5.92 Å². The van der Waals surface area contributed by atoms with E-state index in [1.165, 1.54) is 36.5 Å². The zero-order valence-electron chi connectivity index (χ0n) is 15.5. The van der Waals surface area contributed by atoms with Crippen LogP contribution in [0.5, 0.6) is 0 Å². The first-order chi connectivity index (χ1) is 9.74. The first kappa shape index (κ1) is 18.3. The van der Waals surface area contributed by atoms with E-state index < -0.39 is 0 Å². The van der Waals surface area contributed by atoms with Gasteiger partial charge in [0.25, 0.3) is 0 Å². The Morgan fingerprint density at radius 3 is 2.19 bits per heavy atom. The maximum absolute atomic E-state index is 5.05. The van der Waals surface area contributed by atoms with E-state index in [-0.39, 0.29) is 5.41 Å². The number of hydrogen-bond donors (Lipinski definition) is 1. The van der Waals surface area contributed by atoms with Crippen molar-refractivity contribution in [3.63, 3.8) is 0 Å². The summed E-state index contributed by atoms with van der Waals surface area (Å²) in [4.78, 5) is 8.77. The minimum atomic E-state index is 0.146. The maximum atomic E-state index is 5.05. The molecule has 2 atom stereocenters. The van der Waals surface area contributed by atoms with Gasteiger partial charge in [-0.15, -0.1) is 0 Å². The zero-order valence-corrected chi connectivity index (χ0v) is 15.5. The number of nitrogens with one attached hydrogen (secondary N) is 1. The second-order valence-electron chi connectivity index (χ2n) is 7.71. The summed E-state index contributed by atoms with van der Waals surface area (Å²) in [5.74, 6) is 2.90. The molecular formula is C19H36N2. The number of unbranched alkanes of at least 4 members (excludes halogenated alkanes) is 1. The van der Waals surface area contributed by atoms with Crippen LogP contribution in [0.15, 0.2) is 0 Å². The van der Waals surface area contributed by atoms with Crippen molar-refractivity contribution in [1.29, 1.82) is 0 Å². The van der Waals surface area contributed by atoms with Crippen molar-refractivity contribution in [2.75, 3.05) is 0 Å². The highest BCUT2D eigenvalue weighted by molar-refractivity contribution is 5.25. The molecular weight excluding hydrogens is 256 g/mol. The van der Waals surface area contributed by atoms with E-state index in [4.69, 9.17) is 4.98 Å². The average Bonchev–Trinajstić information content (AvgIpc) is 2.89. The van der Waals surface area contributed by atoms with Crippen molar-refractivity contribution in [1.82, 2.24) is 9.97 Å². The molecule has 21 heavy (non-hydrogen) atoms. The van der Waals surface area contributed by atoms with E-state index in [0.29, 0.717) is 17.8 Å². The smallest absolute Gasteiger partial charge is 0.112 e. The summed E-state index contributed by atoms with van der Waals surface area (Å²) >= 11 is 0. The molecule has 0 amide bonds. The lowest BCUT2D eigenvalue weighted by Gasteiger charge is -2.22. The highest BCUT2D eigenvalue weighted by Gasteiger charge is 2.28. The fourth-order valence-electron chi connectivity index (χ4n) is 2.71. The van der Waals surface area contributed by atoms with Crippen LogP contribution >= 0.6 is 0 Å². The number of rotatable bonds is 8. The van der Waals surface area contributed by atoms with Gasteiger partial charge in [-0.3, -0.25) is 0 Å². The van der Waals surface area contributed by atoms with Crippen molar-refractivity contribution in [3.8, 4) is 0 Å². The molecule has 122 valence electrons. The predicted octanol–water partition coefficient (Wildman–Crippen LogP) is 6.15. The van der Waals surface area contributed by atoms with Gasteiger partial charge in [-0.1, -0.05) is 68.2 Å². The highest BCUT2D eigenvalue weighted by atomic mass is 15.0. The van der Waals surface area contributed by atoms with Crippen LogP contribution in [0.2, 0.25) is 0 Å². The van der Waals surface area contributed by atoms with Gasteiger partial charge in [0.1, 0.15) is 5.82 Å². The van der Waals surface area contributed by atoms with Gasteiger partial charge in [0.15, 0.2) is 0 Å². The van der Waals surface area contributed by atoms with Crippen LogP contribution in [0.1, 0.15) is 110 Å². The van der Waals surface area contributed by atoms with Gasteiger partial charge in [0, 0.05) is 17.0 Å².